The highest BCUT2D eigenvalue weighted by Crippen LogP contribution is 2.25. The lowest BCUT2D eigenvalue weighted by Gasteiger charge is -2.07. The second-order valence-corrected chi connectivity index (χ2v) is 8.04. The molecular weight excluding hydrogens is 446 g/mol. The SMILES string of the molecule is COc1cccc(-c2cccc(C(=O)Nc3cc(C(=O)Nc4cc(C(N)=O)n(C)c4)n(C)c3)c2)c1. The summed E-state index contributed by atoms with van der Waals surface area (Å²) in [6.07, 6.45) is 3.25. The van der Waals surface area contributed by atoms with Gasteiger partial charge in [0.1, 0.15) is 17.1 Å². The number of aromatic nitrogens is 2. The van der Waals surface area contributed by atoms with Crippen LogP contribution in [0.25, 0.3) is 11.1 Å². The van der Waals surface area contributed by atoms with Crippen molar-refractivity contribution in [2.45, 2.75) is 0 Å². The van der Waals surface area contributed by atoms with Gasteiger partial charge in [0.25, 0.3) is 17.7 Å². The third kappa shape index (κ3) is 5.09. The predicted octanol–water partition coefficient (Wildman–Crippen LogP) is 3.64. The Kier molecular flexibility index (Phi) is 6.41. The van der Waals surface area contributed by atoms with Crippen LogP contribution in [0.1, 0.15) is 31.3 Å². The number of primary amides is 1. The third-order valence-electron chi connectivity index (χ3n) is 5.54. The zero-order valence-corrected chi connectivity index (χ0v) is 19.5. The first-order valence-corrected chi connectivity index (χ1v) is 10.7. The van der Waals surface area contributed by atoms with Crippen LogP contribution in [0.3, 0.4) is 0 Å². The van der Waals surface area contributed by atoms with Crippen LogP contribution in [0.15, 0.2) is 73.1 Å². The summed E-state index contributed by atoms with van der Waals surface area (Å²) in [6.45, 7) is 0. The van der Waals surface area contributed by atoms with Crippen LogP contribution in [0.5, 0.6) is 5.75 Å². The summed E-state index contributed by atoms with van der Waals surface area (Å²) in [5.41, 5.74) is 9.12. The van der Waals surface area contributed by atoms with Crippen LogP contribution < -0.4 is 21.1 Å². The van der Waals surface area contributed by atoms with Crippen molar-refractivity contribution in [2.24, 2.45) is 19.8 Å². The number of benzene rings is 2. The Labute approximate surface area is 202 Å². The molecule has 2 heterocycles. The fourth-order valence-electron chi connectivity index (χ4n) is 3.78. The number of nitrogens with one attached hydrogen (secondary N) is 2. The highest BCUT2D eigenvalue weighted by molar-refractivity contribution is 6.07. The summed E-state index contributed by atoms with van der Waals surface area (Å²) in [5, 5.41) is 5.57. The first-order chi connectivity index (χ1) is 16.7. The standard InChI is InChI=1S/C26H25N5O4/c1-30-14-19(12-22(30)24(27)32)29-26(34)23-13-20(15-31(23)2)28-25(33)18-8-4-6-16(10-18)17-7-5-9-21(11-17)35-3/h4-15H,1-3H3,(H2,27,32)(H,28,33)(H,29,34). The van der Waals surface area contributed by atoms with E-state index < -0.39 is 11.8 Å². The second kappa shape index (κ2) is 9.60. The molecule has 0 aliphatic rings. The van der Waals surface area contributed by atoms with Gasteiger partial charge in [0.15, 0.2) is 0 Å². The van der Waals surface area contributed by atoms with Gasteiger partial charge < -0.3 is 30.2 Å². The summed E-state index contributed by atoms with van der Waals surface area (Å²) in [4.78, 5) is 37.1. The Morgan fingerprint density at radius 1 is 0.771 bits per heavy atom. The summed E-state index contributed by atoms with van der Waals surface area (Å²) >= 11 is 0. The topological polar surface area (TPSA) is 120 Å². The molecule has 0 aliphatic carbocycles. The third-order valence-corrected chi connectivity index (χ3v) is 5.54. The quantitative estimate of drug-likeness (QED) is 0.381. The van der Waals surface area contributed by atoms with Crippen molar-refractivity contribution in [3.8, 4) is 16.9 Å². The molecule has 4 N–H and O–H groups in total. The molecule has 4 rings (SSSR count). The van der Waals surface area contributed by atoms with E-state index in [1.54, 1.807) is 56.4 Å². The van der Waals surface area contributed by atoms with Gasteiger partial charge in [-0.1, -0.05) is 24.3 Å². The van der Waals surface area contributed by atoms with Crippen molar-refractivity contribution in [2.75, 3.05) is 17.7 Å². The maximum atomic E-state index is 12.9. The van der Waals surface area contributed by atoms with Crippen LogP contribution in [0, 0.1) is 0 Å². The number of hydrogen-bond acceptors (Lipinski definition) is 4. The largest absolute Gasteiger partial charge is 0.497 e. The number of nitrogens with two attached hydrogens (primary N) is 1. The molecule has 0 saturated heterocycles. The van der Waals surface area contributed by atoms with Crippen LogP contribution in [0.4, 0.5) is 11.4 Å². The number of rotatable bonds is 7. The Hall–Kier alpha value is -4.79. The smallest absolute Gasteiger partial charge is 0.272 e. The molecule has 0 unspecified atom stereocenters. The summed E-state index contributed by atoms with van der Waals surface area (Å²) < 4.78 is 8.43. The number of nitrogens with zero attached hydrogens (tertiary/aromatic N) is 2. The minimum atomic E-state index is -0.590. The van der Waals surface area contributed by atoms with Crippen molar-refractivity contribution in [1.29, 1.82) is 0 Å². The van der Waals surface area contributed by atoms with Gasteiger partial charge in [-0.15, -0.1) is 0 Å². The van der Waals surface area contributed by atoms with Crippen molar-refractivity contribution in [3.63, 3.8) is 0 Å². The van der Waals surface area contributed by atoms with E-state index >= 15 is 0 Å². The highest BCUT2D eigenvalue weighted by atomic mass is 16.5. The molecule has 2 aromatic carbocycles. The fraction of sp³-hybridized carbons (Fsp3) is 0.115. The fourth-order valence-corrected chi connectivity index (χ4v) is 3.78. The normalized spacial score (nSPS) is 10.6. The molecule has 178 valence electrons. The first-order valence-electron chi connectivity index (χ1n) is 10.7. The highest BCUT2D eigenvalue weighted by Gasteiger charge is 2.16. The van der Waals surface area contributed by atoms with Crippen LogP contribution in [0.2, 0.25) is 0 Å². The lowest BCUT2D eigenvalue weighted by molar-refractivity contribution is 0.0988. The molecule has 9 nitrogen and oxygen atoms in total. The van der Waals surface area contributed by atoms with E-state index in [2.05, 4.69) is 10.6 Å². The first kappa shape index (κ1) is 23.4. The van der Waals surface area contributed by atoms with E-state index in [0.717, 1.165) is 16.9 Å². The van der Waals surface area contributed by atoms with Gasteiger partial charge in [-0.2, -0.15) is 0 Å². The molecule has 0 aliphatic heterocycles. The van der Waals surface area contributed by atoms with Gasteiger partial charge in [-0.3, -0.25) is 14.4 Å². The van der Waals surface area contributed by atoms with E-state index in [4.69, 9.17) is 10.5 Å². The second-order valence-electron chi connectivity index (χ2n) is 8.04. The van der Waals surface area contributed by atoms with Crippen molar-refractivity contribution < 1.29 is 19.1 Å². The number of amides is 3. The van der Waals surface area contributed by atoms with Crippen LogP contribution in [-0.2, 0) is 14.1 Å². The van der Waals surface area contributed by atoms with Gasteiger partial charge in [-0.05, 0) is 47.5 Å². The zero-order valence-electron chi connectivity index (χ0n) is 19.5. The minimum Gasteiger partial charge on any atom is -0.497 e. The minimum absolute atomic E-state index is 0.274. The summed E-state index contributed by atoms with van der Waals surface area (Å²) in [7, 11) is 4.97. The van der Waals surface area contributed by atoms with E-state index in [-0.39, 0.29) is 11.6 Å². The number of methoxy groups -OCH3 is 1. The molecule has 0 fully saturated rings. The maximum absolute atomic E-state index is 12.9. The van der Waals surface area contributed by atoms with Crippen molar-refractivity contribution in [3.05, 3.63) is 90.0 Å². The molecule has 3 amide bonds. The number of anilines is 2. The van der Waals surface area contributed by atoms with Gasteiger partial charge in [-0.25, -0.2) is 0 Å². The van der Waals surface area contributed by atoms with Gasteiger partial charge in [0.2, 0.25) is 0 Å². The molecule has 0 spiro atoms. The average Bonchev–Trinajstić information content (AvgIpc) is 3.40. The Balaban J connectivity index is 1.49. The number of aryl methyl sites for hydroxylation is 2. The molecule has 2 aromatic heterocycles. The zero-order chi connectivity index (χ0) is 25.1. The number of ether oxygens (including phenoxy) is 1. The van der Waals surface area contributed by atoms with E-state index in [1.807, 2.05) is 36.4 Å². The summed E-state index contributed by atoms with van der Waals surface area (Å²) in [5.74, 6) is -0.558. The maximum Gasteiger partial charge on any atom is 0.272 e. The molecule has 4 aromatic rings. The number of carbonyl (C=O) groups is 3. The molecule has 0 bridgehead atoms. The Morgan fingerprint density at radius 3 is 1.97 bits per heavy atom. The molecule has 0 saturated carbocycles. The van der Waals surface area contributed by atoms with Crippen LogP contribution >= 0.6 is 0 Å². The lowest BCUT2D eigenvalue weighted by atomic mass is 10.0. The predicted molar refractivity (Wildman–Crippen MR) is 134 cm³/mol. The molecular formula is C26H25N5O4. The average molecular weight is 472 g/mol. The van der Waals surface area contributed by atoms with Gasteiger partial charge >= 0.3 is 0 Å². The van der Waals surface area contributed by atoms with Crippen LogP contribution in [-0.4, -0.2) is 34.0 Å². The molecule has 0 atom stereocenters. The van der Waals surface area contributed by atoms with E-state index in [0.29, 0.717) is 22.6 Å². The molecule has 35 heavy (non-hydrogen) atoms. The van der Waals surface area contributed by atoms with Gasteiger partial charge in [0, 0.05) is 32.1 Å². The van der Waals surface area contributed by atoms with E-state index in [1.165, 1.54) is 10.6 Å². The molecule has 0 radical (unpaired) electrons. The Bertz CT molecular complexity index is 1430. The number of hydrogen-bond donors (Lipinski definition) is 3. The lowest BCUT2D eigenvalue weighted by Crippen LogP contribution is -2.15. The van der Waals surface area contributed by atoms with E-state index in [9.17, 15) is 14.4 Å². The Morgan fingerprint density at radius 2 is 1.34 bits per heavy atom. The van der Waals surface area contributed by atoms with Crippen molar-refractivity contribution in [1.82, 2.24) is 9.13 Å². The molecule has 9 heteroatoms. The number of carbonyl (C=O) groups excluding carboxylic acids is 3. The monoisotopic (exact) mass is 471 g/mol. The summed E-state index contributed by atoms with van der Waals surface area (Å²) in [6, 6.07) is 17.9. The van der Waals surface area contributed by atoms with Gasteiger partial charge in [0.05, 0.1) is 18.5 Å². The van der Waals surface area contributed by atoms with Crippen molar-refractivity contribution >= 4 is 29.1 Å².